The second-order valence-corrected chi connectivity index (χ2v) is 9.60. The van der Waals surface area contributed by atoms with Crippen molar-refractivity contribution < 1.29 is 9.59 Å². The van der Waals surface area contributed by atoms with Crippen LogP contribution in [-0.4, -0.2) is 40.5 Å². The molecule has 0 atom stereocenters. The molecular formula is C22H31N3O2. The van der Waals surface area contributed by atoms with Crippen molar-refractivity contribution in [1.29, 1.82) is 0 Å². The van der Waals surface area contributed by atoms with Gasteiger partial charge in [-0.25, -0.2) is 9.69 Å². The van der Waals surface area contributed by atoms with Crippen LogP contribution in [0, 0.1) is 11.3 Å². The lowest BCUT2D eigenvalue weighted by molar-refractivity contribution is -0.134. The predicted octanol–water partition coefficient (Wildman–Crippen LogP) is 3.53. The summed E-state index contributed by atoms with van der Waals surface area (Å²) < 4.78 is 0. The van der Waals surface area contributed by atoms with Crippen molar-refractivity contribution in [1.82, 2.24) is 15.1 Å². The summed E-state index contributed by atoms with van der Waals surface area (Å²) in [4.78, 5) is 29.5. The lowest BCUT2D eigenvalue weighted by atomic mass is 9.67. The molecule has 27 heavy (non-hydrogen) atoms. The van der Waals surface area contributed by atoms with Crippen molar-refractivity contribution in [2.45, 2.75) is 65.0 Å². The number of nitrogens with zero attached hydrogens (tertiary/aromatic N) is 2. The summed E-state index contributed by atoms with van der Waals surface area (Å²) in [5.74, 6) is 0.596. The molecule has 1 aliphatic carbocycles. The van der Waals surface area contributed by atoms with Crippen LogP contribution < -0.4 is 5.32 Å². The monoisotopic (exact) mass is 369 g/mol. The fraction of sp³-hybridized carbons (Fsp3) is 0.636. The smallest absolute Gasteiger partial charge is 0.323 e. The lowest BCUT2D eigenvalue weighted by Gasteiger charge is -2.40. The largest absolute Gasteiger partial charge is 0.326 e. The second-order valence-electron chi connectivity index (χ2n) is 9.60. The van der Waals surface area contributed by atoms with Gasteiger partial charge in [-0.1, -0.05) is 45.0 Å². The quantitative estimate of drug-likeness (QED) is 0.812. The van der Waals surface area contributed by atoms with Crippen LogP contribution in [0.25, 0.3) is 0 Å². The van der Waals surface area contributed by atoms with Crippen molar-refractivity contribution in [3.63, 3.8) is 0 Å². The Morgan fingerprint density at radius 3 is 2.44 bits per heavy atom. The molecule has 2 heterocycles. The number of amides is 3. The molecule has 0 aromatic heterocycles. The van der Waals surface area contributed by atoms with Crippen molar-refractivity contribution in [3.8, 4) is 0 Å². The molecule has 5 heteroatoms. The van der Waals surface area contributed by atoms with Gasteiger partial charge in [-0.05, 0) is 54.6 Å². The molecular weight excluding hydrogens is 338 g/mol. The zero-order chi connectivity index (χ0) is 19.2. The van der Waals surface area contributed by atoms with E-state index in [0.29, 0.717) is 12.6 Å². The molecule has 0 radical (unpaired) electrons. The fourth-order valence-electron chi connectivity index (χ4n) is 5.00. The molecule has 0 unspecified atom stereocenters. The molecule has 1 spiro atoms. The number of fused-ring (bicyclic) bond motifs is 1. The van der Waals surface area contributed by atoms with Crippen LogP contribution in [0.5, 0.6) is 0 Å². The van der Waals surface area contributed by atoms with E-state index in [2.05, 4.69) is 55.3 Å². The van der Waals surface area contributed by atoms with Crippen molar-refractivity contribution in [2.24, 2.45) is 11.3 Å². The molecule has 2 fully saturated rings. The van der Waals surface area contributed by atoms with Crippen molar-refractivity contribution in [3.05, 3.63) is 35.4 Å². The summed E-state index contributed by atoms with van der Waals surface area (Å²) in [6, 6.07) is 8.22. The summed E-state index contributed by atoms with van der Waals surface area (Å²) in [7, 11) is 0. The Morgan fingerprint density at radius 2 is 1.78 bits per heavy atom. The molecule has 3 aliphatic rings. The van der Waals surface area contributed by atoms with Crippen molar-refractivity contribution >= 4 is 11.9 Å². The first kappa shape index (κ1) is 18.5. The van der Waals surface area contributed by atoms with Crippen LogP contribution in [0.15, 0.2) is 24.3 Å². The molecule has 1 N–H and O–H groups in total. The van der Waals surface area contributed by atoms with E-state index in [-0.39, 0.29) is 17.4 Å². The highest BCUT2D eigenvalue weighted by Gasteiger charge is 2.53. The maximum absolute atomic E-state index is 13.2. The molecule has 5 nitrogen and oxygen atoms in total. The molecule has 0 bridgehead atoms. The van der Waals surface area contributed by atoms with Gasteiger partial charge in [-0.2, -0.15) is 0 Å². The standard InChI is InChI=1S/C22H31N3O2/c1-21(2,3)18-8-11-22(12-9-18)19(26)25(20(27)23-22)15-24-13-10-16-6-4-5-7-17(16)14-24/h4-7,18H,8-15H2,1-3H3,(H,23,27). The van der Waals surface area contributed by atoms with E-state index in [1.54, 1.807) is 0 Å². The number of hydrogen-bond acceptors (Lipinski definition) is 3. The first-order chi connectivity index (χ1) is 12.8. The van der Waals surface area contributed by atoms with Gasteiger partial charge < -0.3 is 5.32 Å². The number of imide groups is 1. The average Bonchev–Trinajstić information content (AvgIpc) is 2.85. The average molecular weight is 370 g/mol. The van der Waals surface area contributed by atoms with Crippen LogP contribution in [0.3, 0.4) is 0 Å². The van der Waals surface area contributed by atoms with E-state index in [4.69, 9.17) is 0 Å². The number of carbonyl (C=O) groups is 2. The Kier molecular flexibility index (Phi) is 4.53. The SMILES string of the molecule is CC(C)(C)C1CCC2(CC1)NC(=O)N(CN1CCc3ccccc3C1)C2=O. The second kappa shape index (κ2) is 6.62. The summed E-state index contributed by atoms with van der Waals surface area (Å²) in [5.41, 5.74) is 2.28. The topological polar surface area (TPSA) is 52.7 Å². The van der Waals surface area contributed by atoms with E-state index in [9.17, 15) is 9.59 Å². The zero-order valence-electron chi connectivity index (χ0n) is 16.8. The van der Waals surface area contributed by atoms with Gasteiger partial charge in [-0.15, -0.1) is 0 Å². The van der Waals surface area contributed by atoms with Gasteiger partial charge in [0.15, 0.2) is 0 Å². The van der Waals surface area contributed by atoms with Gasteiger partial charge in [0.25, 0.3) is 5.91 Å². The van der Waals surface area contributed by atoms with Crippen LogP contribution >= 0.6 is 0 Å². The van der Waals surface area contributed by atoms with E-state index >= 15 is 0 Å². The first-order valence-electron chi connectivity index (χ1n) is 10.2. The van der Waals surface area contributed by atoms with Gasteiger partial charge in [0.1, 0.15) is 5.54 Å². The fourth-order valence-corrected chi connectivity index (χ4v) is 5.00. The van der Waals surface area contributed by atoms with Crippen molar-refractivity contribution in [2.75, 3.05) is 13.2 Å². The molecule has 1 saturated carbocycles. The summed E-state index contributed by atoms with van der Waals surface area (Å²) in [5, 5.41) is 3.06. The Balaban J connectivity index is 1.42. The molecule has 3 amide bonds. The minimum Gasteiger partial charge on any atom is -0.323 e. The number of benzene rings is 1. The highest BCUT2D eigenvalue weighted by molar-refractivity contribution is 6.07. The Morgan fingerprint density at radius 1 is 1.11 bits per heavy atom. The van der Waals surface area contributed by atoms with E-state index in [1.807, 2.05) is 0 Å². The maximum atomic E-state index is 13.2. The van der Waals surface area contributed by atoms with E-state index < -0.39 is 5.54 Å². The van der Waals surface area contributed by atoms with Crippen LogP contribution in [0.1, 0.15) is 57.6 Å². The lowest BCUT2D eigenvalue weighted by Crippen LogP contribution is -2.51. The number of hydrogen-bond donors (Lipinski definition) is 1. The Hall–Kier alpha value is -1.88. The van der Waals surface area contributed by atoms with E-state index in [0.717, 1.165) is 45.2 Å². The predicted molar refractivity (Wildman–Crippen MR) is 105 cm³/mol. The van der Waals surface area contributed by atoms with Gasteiger partial charge in [0, 0.05) is 13.1 Å². The molecule has 1 saturated heterocycles. The van der Waals surface area contributed by atoms with Crippen LogP contribution in [0.2, 0.25) is 0 Å². The van der Waals surface area contributed by atoms with Crippen LogP contribution in [0.4, 0.5) is 4.79 Å². The maximum Gasteiger partial charge on any atom is 0.326 e. The normalized spacial score (nSPS) is 29.1. The highest BCUT2D eigenvalue weighted by atomic mass is 16.2. The zero-order valence-corrected chi connectivity index (χ0v) is 16.8. The summed E-state index contributed by atoms with van der Waals surface area (Å²) >= 11 is 0. The van der Waals surface area contributed by atoms with Gasteiger partial charge in [0.05, 0.1) is 6.67 Å². The molecule has 1 aromatic rings. The van der Waals surface area contributed by atoms with Gasteiger partial charge in [-0.3, -0.25) is 9.69 Å². The van der Waals surface area contributed by atoms with Crippen LogP contribution in [-0.2, 0) is 17.8 Å². The highest BCUT2D eigenvalue weighted by Crippen LogP contribution is 2.43. The molecule has 2 aliphatic heterocycles. The van der Waals surface area contributed by atoms with Gasteiger partial charge in [0.2, 0.25) is 0 Å². The number of urea groups is 1. The summed E-state index contributed by atoms with van der Waals surface area (Å²) in [6.45, 7) is 8.88. The number of rotatable bonds is 2. The van der Waals surface area contributed by atoms with E-state index in [1.165, 1.54) is 16.0 Å². The third-order valence-corrected chi connectivity index (χ3v) is 6.86. The molecule has 4 rings (SSSR count). The number of nitrogens with one attached hydrogen (secondary N) is 1. The Bertz CT molecular complexity index is 744. The minimum atomic E-state index is -0.660. The molecule has 146 valence electrons. The van der Waals surface area contributed by atoms with Gasteiger partial charge >= 0.3 is 6.03 Å². The Labute approximate surface area is 162 Å². The number of carbonyl (C=O) groups excluding carboxylic acids is 2. The molecule has 1 aromatic carbocycles. The first-order valence-corrected chi connectivity index (χ1v) is 10.2. The summed E-state index contributed by atoms with van der Waals surface area (Å²) in [6.07, 6.45) is 4.50. The third kappa shape index (κ3) is 3.38. The third-order valence-electron chi connectivity index (χ3n) is 6.86. The minimum absolute atomic E-state index is 0.0151.